The number of nitrogens with one attached hydrogen (secondary N) is 1. The van der Waals surface area contributed by atoms with E-state index in [9.17, 15) is 9.18 Å². The van der Waals surface area contributed by atoms with Gasteiger partial charge in [-0.3, -0.25) is 4.79 Å². The van der Waals surface area contributed by atoms with Gasteiger partial charge in [0.05, 0.1) is 12.2 Å². The molecule has 21 heavy (non-hydrogen) atoms. The number of carbonyl (C=O) groups is 1. The number of nitrogens with two attached hydrogens (primary N) is 1. The quantitative estimate of drug-likeness (QED) is 0.734. The summed E-state index contributed by atoms with van der Waals surface area (Å²) in [5.41, 5.74) is 5.97. The Bertz CT molecular complexity index is 437. The van der Waals surface area contributed by atoms with Crippen LogP contribution in [-0.4, -0.2) is 32.1 Å². The average molecular weight is 295 g/mol. The van der Waals surface area contributed by atoms with Crippen molar-refractivity contribution in [1.82, 2.24) is 5.32 Å². The van der Waals surface area contributed by atoms with Gasteiger partial charge in [0.1, 0.15) is 5.82 Å². The molecule has 0 radical (unpaired) electrons. The van der Waals surface area contributed by atoms with Crippen LogP contribution in [0, 0.1) is 11.7 Å². The van der Waals surface area contributed by atoms with Crippen LogP contribution in [0.5, 0.6) is 0 Å². The van der Waals surface area contributed by atoms with E-state index in [1.807, 2.05) is 0 Å². The normalized spacial score (nSPS) is 10.7. The van der Waals surface area contributed by atoms with Crippen molar-refractivity contribution >= 4 is 11.6 Å². The van der Waals surface area contributed by atoms with Crippen LogP contribution >= 0.6 is 0 Å². The summed E-state index contributed by atoms with van der Waals surface area (Å²) in [7, 11) is 0. The van der Waals surface area contributed by atoms with Gasteiger partial charge in [-0.25, -0.2) is 4.39 Å². The Hall–Kier alpha value is -1.62. The molecule has 0 aromatic heterocycles. The summed E-state index contributed by atoms with van der Waals surface area (Å²) in [5, 5.41) is 2.88. The summed E-state index contributed by atoms with van der Waals surface area (Å²) in [5.74, 6) is 0.144. The first-order valence-electron chi connectivity index (χ1n) is 7.50. The molecule has 0 atom stereocenters. The topological polar surface area (TPSA) is 58.4 Å². The van der Waals surface area contributed by atoms with E-state index < -0.39 is 0 Å². The van der Waals surface area contributed by atoms with E-state index in [2.05, 4.69) is 19.2 Å². The number of amides is 1. The fraction of sp³-hybridized carbons (Fsp3) is 0.562. The molecule has 0 aliphatic heterocycles. The van der Waals surface area contributed by atoms with Crippen molar-refractivity contribution < 1.29 is 9.18 Å². The maximum atomic E-state index is 13.9. The summed E-state index contributed by atoms with van der Waals surface area (Å²) in [6.07, 6.45) is 1.65. The monoisotopic (exact) mass is 295 g/mol. The van der Waals surface area contributed by atoms with Crippen LogP contribution in [0.3, 0.4) is 0 Å². The number of halogens is 1. The smallest absolute Gasteiger partial charge is 0.239 e. The highest BCUT2D eigenvalue weighted by atomic mass is 19.1. The second-order valence-corrected chi connectivity index (χ2v) is 5.55. The molecule has 4 nitrogen and oxygen atoms in total. The van der Waals surface area contributed by atoms with E-state index in [-0.39, 0.29) is 18.3 Å². The lowest BCUT2D eigenvalue weighted by Gasteiger charge is -2.24. The molecule has 0 saturated heterocycles. The van der Waals surface area contributed by atoms with E-state index in [0.717, 1.165) is 6.42 Å². The first kappa shape index (κ1) is 17.4. The molecule has 0 aliphatic carbocycles. The lowest BCUT2D eigenvalue weighted by atomic mass is 10.1. The molecule has 0 spiro atoms. The van der Waals surface area contributed by atoms with Crippen molar-refractivity contribution in [3.8, 4) is 0 Å². The zero-order chi connectivity index (χ0) is 15.7. The molecule has 1 rings (SSSR count). The van der Waals surface area contributed by atoms with Gasteiger partial charge in [0.25, 0.3) is 0 Å². The first-order valence-corrected chi connectivity index (χ1v) is 7.50. The molecule has 1 aromatic rings. The Morgan fingerprint density at radius 3 is 2.71 bits per heavy atom. The van der Waals surface area contributed by atoms with Crippen molar-refractivity contribution in [3.05, 3.63) is 30.1 Å². The van der Waals surface area contributed by atoms with Crippen LogP contribution < -0.4 is 16.0 Å². The zero-order valence-corrected chi connectivity index (χ0v) is 12.9. The number of benzene rings is 1. The van der Waals surface area contributed by atoms with Gasteiger partial charge in [0, 0.05) is 13.1 Å². The van der Waals surface area contributed by atoms with E-state index in [0.29, 0.717) is 37.7 Å². The molecule has 118 valence electrons. The van der Waals surface area contributed by atoms with Gasteiger partial charge in [-0.1, -0.05) is 26.0 Å². The Labute approximate surface area is 126 Å². The second-order valence-electron chi connectivity index (χ2n) is 5.55. The average Bonchev–Trinajstić information content (AvgIpc) is 2.43. The fourth-order valence-electron chi connectivity index (χ4n) is 2.00. The Morgan fingerprint density at radius 2 is 2.10 bits per heavy atom. The number of rotatable bonds is 9. The highest BCUT2D eigenvalue weighted by molar-refractivity contribution is 5.81. The third-order valence-electron chi connectivity index (χ3n) is 3.20. The van der Waals surface area contributed by atoms with Crippen LogP contribution in [0.15, 0.2) is 24.3 Å². The van der Waals surface area contributed by atoms with Crippen molar-refractivity contribution in [2.24, 2.45) is 11.7 Å². The van der Waals surface area contributed by atoms with Crippen molar-refractivity contribution in [3.63, 3.8) is 0 Å². The molecular formula is C16H26FN3O. The van der Waals surface area contributed by atoms with Gasteiger partial charge in [-0.05, 0) is 37.4 Å². The van der Waals surface area contributed by atoms with Gasteiger partial charge in [-0.2, -0.15) is 0 Å². The number of carbonyl (C=O) groups excluding carboxylic acids is 1. The molecular weight excluding hydrogens is 269 g/mol. The molecule has 5 heteroatoms. The van der Waals surface area contributed by atoms with Crippen molar-refractivity contribution in [1.29, 1.82) is 0 Å². The summed E-state index contributed by atoms with van der Waals surface area (Å²) in [6, 6.07) is 6.50. The minimum absolute atomic E-state index is 0.0871. The van der Waals surface area contributed by atoms with Gasteiger partial charge in [0.15, 0.2) is 0 Å². The van der Waals surface area contributed by atoms with Crippen molar-refractivity contribution in [2.45, 2.75) is 26.7 Å². The molecule has 0 unspecified atom stereocenters. The maximum absolute atomic E-state index is 13.9. The standard InChI is InChI=1S/C16H26FN3O/c1-13(2)8-10-19-16(21)12-20(11-5-9-18)15-7-4-3-6-14(15)17/h3-4,6-7,13H,5,8-12,18H2,1-2H3,(H,19,21). The summed E-state index contributed by atoms with van der Waals surface area (Å²) >= 11 is 0. The predicted molar refractivity (Wildman–Crippen MR) is 84.7 cm³/mol. The Morgan fingerprint density at radius 1 is 1.38 bits per heavy atom. The minimum Gasteiger partial charge on any atom is -0.360 e. The van der Waals surface area contributed by atoms with Crippen molar-refractivity contribution in [2.75, 3.05) is 31.1 Å². The van der Waals surface area contributed by atoms with Gasteiger partial charge in [0.2, 0.25) is 5.91 Å². The molecule has 1 aromatic carbocycles. The first-order chi connectivity index (χ1) is 10.0. The van der Waals surface area contributed by atoms with E-state index in [4.69, 9.17) is 5.73 Å². The van der Waals surface area contributed by atoms with Crippen LogP contribution in [0.25, 0.3) is 0 Å². The highest BCUT2D eigenvalue weighted by Crippen LogP contribution is 2.18. The third kappa shape index (κ3) is 6.58. The SMILES string of the molecule is CC(C)CCNC(=O)CN(CCCN)c1ccccc1F. The molecule has 0 saturated carbocycles. The largest absolute Gasteiger partial charge is 0.360 e. The fourth-order valence-corrected chi connectivity index (χ4v) is 2.00. The van der Waals surface area contributed by atoms with E-state index >= 15 is 0 Å². The summed E-state index contributed by atoms with van der Waals surface area (Å²) in [6.45, 7) is 6.10. The van der Waals surface area contributed by atoms with Gasteiger partial charge >= 0.3 is 0 Å². The number of para-hydroxylation sites is 1. The number of hydrogen-bond donors (Lipinski definition) is 2. The zero-order valence-electron chi connectivity index (χ0n) is 12.9. The third-order valence-corrected chi connectivity index (χ3v) is 3.20. The molecule has 0 heterocycles. The molecule has 1 amide bonds. The predicted octanol–water partition coefficient (Wildman–Crippen LogP) is 2.14. The molecule has 0 bridgehead atoms. The maximum Gasteiger partial charge on any atom is 0.239 e. The molecule has 0 fully saturated rings. The van der Waals surface area contributed by atoms with Gasteiger partial charge < -0.3 is 16.0 Å². The summed E-state index contributed by atoms with van der Waals surface area (Å²) in [4.78, 5) is 13.7. The lowest BCUT2D eigenvalue weighted by molar-refractivity contribution is -0.119. The molecule has 0 aliphatic rings. The minimum atomic E-state index is -0.315. The van der Waals surface area contributed by atoms with E-state index in [1.54, 1.807) is 23.1 Å². The Kier molecular flexibility index (Phi) is 7.75. The number of anilines is 1. The Balaban J connectivity index is 2.62. The van der Waals surface area contributed by atoms with Crippen LogP contribution in [0.1, 0.15) is 26.7 Å². The van der Waals surface area contributed by atoms with Crippen LogP contribution in [-0.2, 0) is 4.79 Å². The van der Waals surface area contributed by atoms with E-state index in [1.165, 1.54) is 6.07 Å². The molecule has 3 N–H and O–H groups in total. The number of nitrogens with zero attached hydrogens (tertiary/aromatic N) is 1. The van der Waals surface area contributed by atoms with Crippen LogP contribution in [0.4, 0.5) is 10.1 Å². The summed E-state index contributed by atoms with van der Waals surface area (Å²) < 4.78 is 13.9. The van der Waals surface area contributed by atoms with Crippen LogP contribution in [0.2, 0.25) is 0 Å². The second kappa shape index (κ2) is 9.34. The lowest BCUT2D eigenvalue weighted by Crippen LogP contribution is -2.39. The number of hydrogen-bond acceptors (Lipinski definition) is 3. The highest BCUT2D eigenvalue weighted by Gasteiger charge is 2.14. The van der Waals surface area contributed by atoms with Gasteiger partial charge in [-0.15, -0.1) is 0 Å².